The quantitative estimate of drug-likeness (QED) is 0.390. The molecule has 1 saturated carbocycles. The van der Waals surface area contributed by atoms with Crippen LogP contribution in [0.5, 0.6) is 0 Å². The van der Waals surface area contributed by atoms with Gasteiger partial charge in [-0.05, 0) is 63.4 Å². The first-order chi connectivity index (χ1) is 15.5. The summed E-state index contributed by atoms with van der Waals surface area (Å²) in [6, 6.07) is 9.36. The smallest absolute Gasteiger partial charge is 0.182 e. The molecule has 3 heterocycles. The molecule has 9 heteroatoms. The zero-order valence-corrected chi connectivity index (χ0v) is 19.7. The molecule has 0 atom stereocenters. The lowest BCUT2D eigenvalue weighted by molar-refractivity contribution is 0.603. The van der Waals surface area contributed by atoms with Crippen molar-refractivity contribution in [3.8, 4) is 17.2 Å². The summed E-state index contributed by atoms with van der Waals surface area (Å²) >= 11 is 0. The minimum absolute atomic E-state index is 0. The molecule has 0 saturated heterocycles. The van der Waals surface area contributed by atoms with Crippen LogP contribution in [0.15, 0.2) is 49.2 Å². The molecule has 1 aromatic carbocycles. The highest BCUT2D eigenvalue weighted by atomic mass is 35.5. The van der Waals surface area contributed by atoms with Gasteiger partial charge in [0.2, 0.25) is 0 Å². The second kappa shape index (κ2) is 9.31. The highest BCUT2D eigenvalue weighted by Gasteiger charge is 2.26. The second-order valence-corrected chi connectivity index (χ2v) is 8.63. The number of rotatable bonds is 7. The summed E-state index contributed by atoms with van der Waals surface area (Å²) in [5, 5.41) is 11.5. The third-order valence-electron chi connectivity index (χ3n) is 5.81. The van der Waals surface area contributed by atoms with Crippen LogP contribution in [0.25, 0.3) is 17.2 Å². The van der Waals surface area contributed by atoms with E-state index in [1.165, 1.54) is 12.8 Å². The fourth-order valence-electron chi connectivity index (χ4n) is 3.83. The van der Waals surface area contributed by atoms with E-state index in [4.69, 9.17) is 0 Å². The van der Waals surface area contributed by atoms with Crippen LogP contribution >= 0.6 is 12.4 Å². The summed E-state index contributed by atoms with van der Waals surface area (Å²) in [6.07, 6.45) is 7.99. The summed E-state index contributed by atoms with van der Waals surface area (Å²) in [7, 11) is 0. The highest BCUT2D eigenvalue weighted by molar-refractivity contribution is 5.85. The van der Waals surface area contributed by atoms with Crippen molar-refractivity contribution in [3.63, 3.8) is 0 Å². The van der Waals surface area contributed by atoms with Gasteiger partial charge in [-0.1, -0.05) is 6.07 Å². The van der Waals surface area contributed by atoms with Gasteiger partial charge in [0.15, 0.2) is 5.82 Å². The predicted molar refractivity (Wildman–Crippen MR) is 128 cm³/mol. The molecular weight excluding hydrogens is 441 g/mol. The third-order valence-corrected chi connectivity index (χ3v) is 5.81. The number of hydrogen-bond donors (Lipinski definition) is 1. The van der Waals surface area contributed by atoms with E-state index >= 15 is 0 Å². The zero-order valence-electron chi connectivity index (χ0n) is 18.9. The molecule has 1 fully saturated rings. The second-order valence-electron chi connectivity index (χ2n) is 8.63. The molecule has 0 radical (unpaired) electrons. The number of imidazole rings is 1. The van der Waals surface area contributed by atoms with Crippen LogP contribution in [-0.4, -0.2) is 29.3 Å². The molecule has 0 bridgehead atoms. The van der Waals surface area contributed by atoms with Crippen molar-refractivity contribution in [2.75, 3.05) is 5.32 Å². The average Bonchev–Trinajstić information content (AvgIpc) is 3.30. The standard InChI is InChI=1S/C24H26FN7.ClH/c1-15(2)32-14-28-30-24(32)20-5-4-6-23(29-20)26-11-18-10-22(16(3)9-19(18)25)31-12-21(27-13-31)17-7-8-17;/h4-6,9-10,12-15,17H,7-8,11H2,1-3H3,(H,26,29);1H. The van der Waals surface area contributed by atoms with Crippen molar-refractivity contribution >= 4 is 18.2 Å². The number of aryl methyl sites for hydroxylation is 1. The number of hydrogen-bond acceptors (Lipinski definition) is 5. The van der Waals surface area contributed by atoms with Crippen LogP contribution in [0.3, 0.4) is 0 Å². The lowest BCUT2D eigenvalue weighted by Crippen LogP contribution is -2.07. The number of nitrogens with one attached hydrogen (secondary N) is 1. The van der Waals surface area contributed by atoms with Gasteiger partial charge in [-0.2, -0.15) is 0 Å². The lowest BCUT2D eigenvalue weighted by Gasteiger charge is -2.13. The van der Waals surface area contributed by atoms with Gasteiger partial charge >= 0.3 is 0 Å². The number of benzene rings is 1. The van der Waals surface area contributed by atoms with E-state index in [9.17, 15) is 4.39 Å². The zero-order chi connectivity index (χ0) is 22.2. The van der Waals surface area contributed by atoms with Gasteiger partial charge in [0.25, 0.3) is 0 Å². The topological polar surface area (TPSA) is 73.5 Å². The van der Waals surface area contributed by atoms with Gasteiger partial charge in [-0.3, -0.25) is 0 Å². The van der Waals surface area contributed by atoms with E-state index in [-0.39, 0.29) is 24.3 Å². The summed E-state index contributed by atoms with van der Waals surface area (Å²) in [6.45, 7) is 6.38. The first-order valence-corrected chi connectivity index (χ1v) is 10.9. The van der Waals surface area contributed by atoms with E-state index in [0.29, 0.717) is 29.7 Å². The fraction of sp³-hybridized carbons (Fsp3) is 0.333. The van der Waals surface area contributed by atoms with Crippen LogP contribution in [0.4, 0.5) is 10.2 Å². The van der Waals surface area contributed by atoms with Crippen LogP contribution in [0, 0.1) is 12.7 Å². The molecule has 0 spiro atoms. The Labute approximate surface area is 198 Å². The van der Waals surface area contributed by atoms with Crippen LogP contribution in [-0.2, 0) is 6.54 Å². The van der Waals surface area contributed by atoms with Crippen LogP contribution in [0.1, 0.15) is 55.5 Å². The maximum atomic E-state index is 14.7. The molecule has 4 aromatic rings. The van der Waals surface area contributed by atoms with E-state index in [1.807, 2.05) is 46.7 Å². The van der Waals surface area contributed by atoms with Gasteiger partial charge in [-0.15, -0.1) is 22.6 Å². The van der Waals surface area contributed by atoms with Crippen LogP contribution < -0.4 is 5.32 Å². The van der Waals surface area contributed by atoms with Crippen molar-refractivity contribution in [3.05, 3.63) is 71.8 Å². The summed E-state index contributed by atoms with van der Waals surface area (Å²) in [5.74, 6) is 1.70. The molecule has 0 aliphatic heterocycles. The third kappa shape index (κ3) is 4.75. The number of anilines is 1. The maximum absolute atomic E-state index is 14.7. The first kappa shape index (κ1) is 22.9. The van der Waals surface area contributed by atoms with Gasteiger partial charge < -0.3 is 14.5 Å². The van der Waals surface area contributed by atoms with Crippen molar-refractivity contribution in [1.29, 1.82) is 0 Å². The van der Waals surface area contributed by atoms with E-state index in [0.717, 1.165) is 22.6 Å². The lowest BCUT2D eigenvalue weighted by atomic mass is 10.1. The molecule has 0 unspecified atom stereocenters. The van der Waals surface area contributed by atoms with Gasteiger partial charge in [0, 0.05) is 36.0 Å². The molecular formula is C24H27ClFN7. The van der Waals surface area contributed by atoms with E-state index in [2.05, 4.69) is 45.5 Å². The Morgan fingerprint density at radius 3 is 2.76 bits per heavy atom. The molecule has 5 rings (SSSR count). The molecule has 3 aromatic heterocycles. The van der Waals surface area contributed by atoms with Crippen molar-refractivity contribution < 1.29 is 4.39 Å². The fourth-order valence-corrected chi connectivity index (χ4v) is 3.83. The average molecular weight is 468 g/mol. The van der Waals surface area contributed by atoms with Gasteiger partial charge in [-0.25, -0.2) is 14.4 Å². The Hall–Kier alpha value is -3.26. The predicted octanol–water partition coefficient (Wildman–Crippen LogP) is 5.47. The first-order valence-electron chi connectivity index (χ1n) is 10.9. The molecule has 1 aliphatic carbocycles. The SMILES string of the molecule is Cc1cc(F)c(CNc2cccc(-c3nncn3C(C)C)n2)cc1-n1cnc(C2CC2)c1.Cl. The number of pyridine rings is 1. The highest BCUT2D eigenvalue weighted by Crippen LogP contribution is 2.39. The Balaban J connectivity index is 0.00000259. The molecule has 1 N–H and O–H groups in total. The number of halogens is 2. The summed E-state index contributed by atoms with van der Waals surface area (Å²) < 4.78 is 18.7. The van der Waals surface area contributed by atoms with Gasteiger partial charge in [0.1, 0.15) is 23.7 Å². The van der Waals surface area contributed by atoms with Crippen molar-refractivity contribution in [2.24, 2.45) is 0 Å². The Morgan fingerprint density at radius 2 is 2.00 bits per heavy atom. The van der Waals surface area contributed by atoms with E-state index < -0.39 is 0 Å². The molecule has 172 valence electrons. The monoisotopic (exact) mass is 467 g/mol. The molecule has 33 heavy (non-hydrogen) atoms. The minimum Gasteiger partial charge on any atom is -0.366 e. The molecule has 0 amide bonds. The van der Waals surface area contributed by atoms with Crippen molar-refractivity contribution in [2.45, 2.75) is 52.1 Å². The summed E-state index contributed by atoms with van der Waals surface area (Å²) in [4.78, 5) is 9.18. The summed E-state index contributed by atoms with van der Waals surface area (Å²) in [5.41, 5.74) is 4.22. The Kier molecular flexibility index (Phi) is 6.47. The molecule has 1 aliphatic rings. The number of nitrogens with zero attached hydrogens (tertiary/aromatic N) is 6. The maximum Gasteiger partial charge on any atom is 0.182 e. The van der Waals surface area contributed by atoms with Crippen LogP contribution in [0.2, 0.25) is 0 Å². The Morgan fingerprint density at radius 1 is 1.18 bits per heavy atom. The van der Waals surface area contributed by atoms with E-state index in [1.54, 1.807) is 12.4 Å². The molecule has 7 nitrogen and oxygen atoms in total. The largest absolute Gasteiger partial charge is 0.366 e. The normalized spacial score (nSPS) is 13.2. The van der Waals surface area contributed by atoms with Gasteiger partial charge in [0.05, 0.1) is 12.0 Å². The number of aromatic nitrogens is 6. The minimum atomic E-state index is -0.239. The van der Waals surface area contributed by atoms with Crippen molar-refractivity contribution in [1.82, 2.24) is 29.3 Å². The Bertz CT molecular complexity index is 1260.